The maximum atomic E-state index is 11.9. The Morgan fingerprint density at radius 3 is 2.89 bits per heavy atom. The molecule has 0 fully saturated rings. The first kappa shape index (κ1) is 11.1. The second-order valence-electron chi connectivity index (χ2n) is 3.70. The summed E-state index contributed by atoms with van der Waals surface area (Å²) >= 11 is 3.34. The molecule has 1 aliphatic heterocycles. The van der Waals surface area contributed by atoms with Crippen LogP contribution in [0.3, 0.4) is 0 Å². The summed E-state index contributed by atoms with van der Waals surface area (Å²) < 4.78 is 5.29. The standard InChI is InChI=1S/C11H6BrN3O3/c12-7-3-1-2-6-9(7)15(11(17)10(6)16)4-8-13-5-18-14-8/h1-3,5H,4H2. The van der Waals surface area contributed by atoms with Crippen LogP contribution in [0, 0.1) is 0 Å². The van der Waals surface area contributed by atoms with E-state index in [0.717, 1.165) is 0 Å². The first-order valence-corrected chi connectivity index (χ1v) is 5.87. The third kappa shape index (κ3) is 1.55. The number of anilines is 1. The molecule has 1 aromatic carbocycles. The van der Waals surface area contributed by atoms with E-state index < -0.39 is 11.7 Å². The highest BCUT2D eigenvalue weighted by atomic mass is 79.9. The summed E-state index contributed by atoms with van der Waals surface area (Å²) in [6.07, 6.45) is 1.18. The monoisotopic (exact) mass is 307 g/mol. The zero-order valence-electron chi connectivity index (χ0n) is 8.96. The van der Waals surface area contributed by atoms with Crippen molar-refractivity contribution in [2.75, 3.05) is 4.90 Å². The largest absolute Gasteiger partial charge is 0.343 e. The van der Waals surface area contributed by atoms with Gasteiger partial charge in [0.05, 0.1) is 17.8 Å². The maximum Gasteiger partial charge on any atom is 0.299 e. The molecule has 1 aliphatic rings. The van der Waals surface area contributed by atoms with Gasteiger partial charge in [0, 0.05) is 4.47 Å². The molecule has 7 heteroatoms. The molecule has 0 spiro atoms. The molecule has 0 unspecified atom stereocenters. The Balaban J connectivity index is 2.07. The van der Waals surface area contributed by atoms with Gasteiger partial charge in [0.2, 0.25) is 6.39 Å². The summed E-state index contributed by atoms with van der Waals surface area (Å²) in [7, 11) is 0. The average Bonchev–Trinajstić information content (AvgIpc) is 2.94. The van der Waals surface area contributed by atoms with Crippen molar-refractivity contribution in [1.82, 2.24) is 10.1 Å². The Bertz CT molecular complexity index is 639. The number of aromatic nitrogens is 2. The number of halogens is 1. The first-order chi connectivity index (χ1) is 8.68. The minimum absolute atomic E-state index is 0.108. The van der Waals surface area contributed by atoms with Gasteiger partial charge in [-0.2, -0.15) is 4.98 Å². The Kier molecular flexibility index (Phi) is 2.48. The lowest BCUT2D eigenvalue weighted by Gasteiger charge is -2.15. The van der Waals surface area contributed by atoms with Gasteiger partial charge in [-0.1, -0.05) is 11.2 Å². The molecule has 1 amide bonds. The van der Waals surface area contributed by atoms with Crippen LogP contribution in [0.15, 0.2) is 33.6 Å². The molecule has 0 aliphatic carbocycles. The van der Waals surface area contributed by atoms with E-state index in [1.54, 1.807) is 18.2 Å². The number of para-hydroxylation sites is 1. The highest BCUT2D eigenvalue weighted by Gasteiger charge is 2.37. The van der Waals surface area contributed by atoms with Crippen LogP contribution in [0.4, 0.5) is 5.69 Å². The van der Waals surface area contributed by atoms with Gasteiger partial charge in [-0.25, -0.2) is 0 Å². The predicted octanol–water partition coefficient (Wildman–Crippen LogP) is 1.56. The van der Waals surface area contributed by atoms with Gasteiger partial charge in [0.25, 0.3) is 11.7 Å². The number of amides is 1. The number of ketones is 1. The van der Waals surface area contributed by atoms with E-state index in [1.807, 2.05) is 0 Å². The molecule has 6 nitrogen and oxygen atoms in total. The second-order valence-corrected chi connectivity index (χ2v) is 4.56. The minimum atomic E-state index is -0.582. The molecule has 18 heavy (non-hydrogen) atoms. The van der Waals surface area contributed by atoms with Crippen LogP contribution in [0.5, 0.6) is 0 Å². The zero-order valence-corrected chi connectivity index (χ0v) is 10.5. The van der Waals surface area contributed by atoms with Crippen molar-refractivity contribution in [1.29, 1.82) is 0 Å². The summed E-state index contributed by atoms with van der Waals surface area (Å²) in [6.45, 7) is 0.108. The van der Waals surface area contributed by atoms with Crippen LogP contribution in [0.2, 0.25) is 0 Å². The van der Waals surface area contributed by atoms with E-state index in [2.05, 4.69) is 30.6 Å². The molecule has 1 aromatic heterocycles. The van der Waals surface area contributed by atoms with Crippen molar-refractivity contribution in [2.24, 2.45) is 0 Å². The Labute approximate surface area is 110 Å². The Morgan fingerprint density at radius 2 is 2.17 bits per heavy atom. The maximum absolute atomic E-state index is 11.9. The molecule has 0 N–H and O–H groups in total. The molecule has 90 valence electrons. The Morgan fingerprint density at radius 1 is 1.33 bits per heavy atom. The highest BCUT2D eigenvalue weighted by Crippen LogP contribution is 2.36. The van der Waals surface area contributed by atoms with Crippen LogP contribution in [0.1, 0.15) is 16.2 Å². The average molecular weight is 308 g/mol. The van der Waals surface area contributed by atoms with Gasteiger partial charge in [-0.3, -0.25) is 14.5 Å². The minimum Gasteiger partial charge on any atom is -0.343 e. The van der Waals surface area contributed by atoms with Crippen LogP contribution in [-0.4, -0.2) is 21.8 Å². The van der Waals surface area contributed by atoms with Crippen LogP contribution >= 0.6 is 15.9 Å². The van der Waals surface area contributed by atoms with E-state index in [0.29, 0.717) is 21.5 Å². The van der Waals surface area contributed by atoms with Crippen molar-refractivity contribution in [3.8, 4) is 0 Å². The smallest absolute Gasteiger partial charge is 0.299 e. The zero-order chi connectivity index (χ0) is 12.7. The van der Waals surface area contributed by atoms with E-state index in [4.69, 9.17) is 0 Å². The number of nitrogens with zero attached hydrogens (tertiary/aromatic N) is 3. The molecule has 0 atom stereocenters. The summed E-state index contributed by atoms with van der Waals surface area (Å²) in [5.41, 5.74) is 0.940. The highest BCUT2D eigenvalue weighted by molar-refractivity contribution is 9.10. The van der Waals surface area contributed by atoms with Crippen LogP contribution in [-0.2, 0) is 11.3 Å². The number of carbonyl (C=O) groups is 2. The van der Waals surface area contributed by atoms with E-state index in [9.17, 15) is 9.59 Å². The van der Waals surface area contributed by atoms with Gasteiger partial charge >= 0.3 is 0 Å². The molecule has 0 radical (unpaired) electrons. The van der Waals surface area contributed by atoms with Crippen LogP contribution < -0.4 is 4.90 Å². The molecular formula is C11H6BrN3O3. The molecule has 2 aromatic rings. The fraction of sp³-hybridized carbons (Fsp3) is 0.0909. The van der Waals surface area contributed by atoms with Gasteiger partial charge < -0.3 is 4.52 Å². The number of benzene rings is 1. The van der Waals surface area contributed by atoms with E-state index in [1.165, 1.54) is 11.3 Å². The molecule has 2 heterocycles. The number of fused-ring (bicyclic) bond motifs is 1. The second kappa shape index (κ2) is 4.02. The summed E-state index contributed by atoms with van der Waals surface area (Å²) in [6, 6.07) is 5.11. The Hall–Kier alpha value is -2.02. The van der Waals surface area contributed by atoms with Gasteiger partial charge in [0.1, 0.15) is 0 Å². The number of hydrogen-bond acceptors (Lipinski definition) is 5. The van der Waals surface area contributed by atoms with Crippen molar-refractivity contribution in [3.05, 3.63) is 40.5 Å². The van der Waals surface area contributed by atoms with Crippen molar-refractivity contribution >= 4 is 33.3 Å². The van der Waals surface area contributed by atoms with E-state index in [-0.39, 0.29) is 6.54 Å². The van der Waals surface area contributed by atoms with Crippen LogP contribution in [0.25, 0.3) is 0 Å². The SMILES string of the molecule is O=C1C(=O)N(Cc2ncon2)c2c(Br)cccc21. The molecule has 0 bridgehead atoms. The lowest BCUT2D eigenvalue weighted by molar-refractivity contribution is -0.114. The number of hydrogen-bond donors (Lipinski definition) is 0. The fourth-order valence-corrected chi connectivity index (χ4v) is 2.45. The third-order valence-electron chi connectivity index (χ3n) is 2.65. The number of carbonyl (C=O) groups excluding carboxylic acids is 2. The predicted molar refractivity (Wildman–Crippen MR) is 64.0 cm³/mol. The van der Waals surface area contributed by atoms with E-state index >= 15 is 0 Å². The van der Waals surface area contributed by atoms with Gasteiger partial charge in [0.15, 0.2) is 5.82 Å². The first-order valence-electron chi connectivity index (χ1n) is 5.08. The van der Waals surface area contributed by atoms with Gasteiger partial charge in [-0.15, -0.1) is 0 Å². The number of rotatable bonds is 2. The molecular weight excluding hydrogens is 302 g/mol. The lowest BCUT2D eigenvalue weighted by atomic mass is 10.1. The van der Waals surface area contributed by atoms with Crippen molar-refractivity contribution in [2.45, 2.75) is 6.54 Å². The summed E-state index contributed by atoms with van der Waals surface area (Å²) in [5, 5.41) is 3.64. The molecule has 3 rings (SSSR count). The quantitative estimate of drug-likeness (QED) is 0.787. The topological polar surface area (TPSA) is 76.3 Å². The van der Waals surface area contributed by atoms with Crippen molar-refractivity contribution < 1.29 is 14.1 Å². The normalized spacial score (nSPS) is 14.2. The molecule has 0 saturated carbocycles. The third-order valence-corrected chi connectivity index (χ3v) is 3.29. The lowest BCUT2D eigenvalue weighted by Crippen LogP contribution is -2.29. The molecule has 0 saturated heterocycles. The summed E-state index contributed by atoms with van der Waals surface area (Å²) in [5.74, 6) is -0.753. The van der Waals surface area contributed by atoms with Crippen molar-refractivity contribution in [3.63, 3.8) is 0 Å². The fourth-order valence-electron chi connectivity index (χ4n) is 1.87. The summed E-state index contributed by atoms with van der Waals surface area (Å²) in [4.78, 5) is 28.9. The van der Waals surface area contributed by atoms with Gasteiger partial charge in [-0.05, 0) is 28.1 Å². The number of Topliss-reactive ketones (excluding diaryl/α,β-unsaturated/α-hetero) is 1.